The zero-order valence-electron chi connectivity index (χ0n) is 20.6. The van der Waals surface area contributed by atoms with E-state index >= 15 is 0 Å². The number of nitrogens with zero attached hydrogens (tertiary/aromatic N) is 4. The van der Waals surface area contributed by atoms with E-state index in [2.05, 4.69) is 23.2 Å². The van der Waals surface area contributed by atoms with Gasteiger partial charge >= 0.3 is 0 Å². The van der Waals surface area contributed by atoms with E-state index in [-0.39, 0.29) is 5.92 Å². The smallest absolute Gasteiger partial charge is 0.228 e. The topological polar surface area (TPSA) is 70.8 Å². The maximum atomic E-state index is 6.49. The summed E-state index contributed by atoms with van der Waals surface area (Å²) in [6, 6.07) is 25.8. The van der Waals surface area contributed by atoms with E-state index in [0.29, 0.717) is 33.9 Å². The number of methoxy groups -OCH3 is 2. The third kappa shape index (κ3) is 3.39. The van der Waals surface area contributed by atoms with Crippen LogP contribution in [0, 0.1) is 0 Å². The highest BCUT2D eigenvalue weighted by Crippen LogP contribution is 2.51. The van der Waals surface area contributed by atoms with E-state index in [9.17, 15) is 0 Å². The molecule has 0 radical (unpaired) electrons. The van der Waals surface area contributed by atoms with Crippen LogP contribution in [0.3, 0.4) is 0 Å². The van der Waals surface area contributed by atoms with Gasteiger partial charge in [-0.15, -0.1) is 5.10 Å². The lowest BCUT2D eigenvalue weighted by molar-refractivity contribution is 0.354. The predicted molar refractivity (Wildman–Crippen MR) is 146 cm³/mol. The molecule has 0 amide bonds. The van der Waals surface area contributed by atoms with Gasteiger partial charge in [0.1, 0.15) is 12.1 Å². The first-order chi connectivity index (χ1) is 18.7. The van der Waals surface area contributed by atoms with Gasteiger partial charge in [-0.3, -0.25) is 0 Å². The van der Waals surface area contributed by atoms with Crippen molar-refractivity contribution in [3.05, 3.63) is 107 Å². The molecule has 0 aliphatic carbocycles. The molecule has 8 heteroatoms. The van der Waals surface area contributed by atoms with Gasteiger partial charge in [-0.05, 0) is 46.7 Å². The first-order valence-corrected chi connectivity index (χ1v) is 12.5. The number of hydrogen-bond acceptors (Lipinski definition) is 6. The van der Waals surface area contributed by atoms with Gasteiger partial charge in [0.05, 0.1) is 24.8 Å². The van der Waals surface area contributed by atoms with Crippen molar-refractivity contribution in [2.75, 3.05) is 14.2 Å². The monoisotopic (exact) mass is 520 g/mol. The lowest BCUT2D eigenvalue weighted by Gasteiger charge is -2.29. The van der Waals surface area contributed by atoms with Crippen LogP contribution in [-0.2, 0) is 0 Å². The summed E-state index contributed by atoms with van der Waals surface area (Å²) in [4.78, 5) is 9.61. The molecule has 0 saturated heterocycles. The molecule has 186 valence electrons. The standard InChI is InChI=1S/C30H21ClN4O3/c1-36-22-13-12-18(15-24(22)37-2)25-26-19-8-4-3-7-17(19)11-14-23(26)38-30-27(25)29-33-28(34-35(29)16-32-30)20-9-5-6-10-21(20)31/h3-16,25H,1-2H3/t25-/m0/s1. The van der Waals surface area contributed by atoms with Crippen molar-refractivity contribution >= 4 is 28.0 Å². The SMILES string of the molecule is COc1ccc([C@H]2c3c(ccc4ccccc34)Oc3ncn4nc(-c5ccccc5Cl)nc4c32)cc1OC. The molecule has 0 saturated carbocycles. The summed E-state index contributed by atoms with van der Waals surface area (Å²) in [5, 5.41) is 7.50. The molecule has 0 spiro atoms. The van der Waals surface area contributed by atoms with Gasteiger partial charge in [0.2, 0.25) is 5.88 Å². The number of benzene rings is 4. The molecule has 1 aliphatic rings. The van der Waals surface area contributed by atoms with Crippen LogP contribution in [-0.4, -0.2) is 33.8 Å². The first kappa shape index (κ1) is 22.6. The Balaban J connectivity index is 1.54. The van der Waals surface area contributed by atoms with Gasteiger partial charge in [-0.2, -0.15) is 0 Å². The molecule has 1 aliphatic heterocycles. The molecule has 0 fully saturated rings. The van der Waals surface area contributed by atoms with Crippen molar-refractivity contribution in [1.29, 1.82) is 0 Å². The maximum absolute atomic E-state index is 6.49. The van der Waals surface area contributed by atoms with Crippen LogP contribution in [0.4, 0.5) is 0 Å². The fraction of sp³-hybridized carbons (Fsp3) is 0.100. The number of halogens is 1. The Hall–Kier alpha value is -4.62. The van der Waals surface area contributed by atoms with Crippen molar-refractivity contribution in [3.8, 4) is 34.5 Å². The summed E-state index contributed by atoms with van der Waals surface area (Å²) in [7, 11) is 3.26. The van der Waals surface area contributed by atoms with Gasteiger partial charge in [0.25, 0.3) is 0 Å². The fourth-order valence-electron chi connectivity index (χ4n) is 5.23. The minimum Gasteiger partial charge on any atom is -0.493 e. The molecule has 3 heterocycles. The van der Waals surface area contributed by atoms with Crippen LogP contribution >= 0.6 is 11.6 Å². The predicted octanol–water partition coefficient (Wildman–Crippen LogP) is 6.90. The van der Waals surface area contributed by atoms with Gasteiger partial charge < -0.3 is 14.2 Å². The Labute approximate surface area is 223 Å². The highest BCUT2D eigenvalue weighted by atomic mass is 35.5. The summed E-state index contributed by atoms with van der Waals surface area (Å²) in [6.45, 7) is 0. The zero-order chi connectivity index (χ0) is 25.8. The van der Waals surface area contributed by atoms with Gasteiger partial charge in [0, 0.05) is 17.0 Å². The third-order valence-electron chi connectivity index (χ3n) is 6.96. The Morgan fingerprint density at radius 2 is 1.68 bits per heavy atom. The lowest BCUT2D eigenvalue weighted by atomic mass is 9.81. The second kappa shape index (κ2) is 8.75. The Morgan fingerprint density at radius 3 is 2.53 bits per heavy atom. The molecule has 0 unspecified atom stereocenters. The first-order valence-electron chi connectivity index (χ1n) is 12.1. The minimum absolute atomic E-state index is 0.265. The second-order valence-corrected chi connectivity index (χ2v) is 9.40. The number of ether oxygens (including phenoxy) is 3. The average molecular weight is 521 g/mol. The molecular formula is C30H21ClN4O3. The number of rotatable bonds is 4. The molecule has 38 heavy (non-hydrogen) atoms. The van der Waals surface area contributed by atoms with E-state index in [4.69, 9.17) is 35.9 Å². The zero-order valence-corrected chi connectivity index (χ0v) is 21.3. The molecule has 0 N–H and O–H groups in total. The Bertz CT molecular complexity index is 1870. The van der Waals surface area contributed by atoms with Crippen LogP contribution in [0.15, 0.2) is 85.2 Å². The quantitative estimate of drug-likeness (QED) is 0.251. The molecule has 6 aromatic rings. The van der Waals surface area contributed by atoms with E-state index in [1.54, 1.807) is 25.1 Å². The molecule has 7 nitrogen and oxygen atoms in total. The van der Waals surface area contributed by atoms with E-state index in [0.717, 1.165) is 38.8 Å². The Morgan fingerprint density at radius 1 is 0.868 bits per heavy atom. The molecule has 0 bridgehead atoms. The van der Waals surface area contributed by atoms with Crippen molar-refractivity contribution in [3.63, 3.8) is 0 Å². The molecule has 7 rings (SSSR count). The number of hydrogen-bond donors (Lipinski definition) is 0. The molecule has 1 atom stereocenters. The van der Waals surface area contributed by atoms with Crippen LogP contribution in [0.1, 0.15) is 22.6 Å². The van der Waals surface area contributed by atoms with E-state index in [1.165, 1.54) is 0 Å². The largest absolute Gasteiger partial charge is 0.493 e. The highest BCUT2D eigenvalue weighted by Gasteiger charge is 2.35. The highest BCUT2D eigenvalue weighted by molar-refractivity contribution is 6.33. The Kier molecular flexibility index (Phi) is 5.19. The van der Waals surface area contributed by atoms with Crippen LogP contribution in [0.25, 0.3) is 27.8 Å². The van der Waals surface area contributed by atoms with Crippen molar-refractivity contribution in [1.82, 2.24) is 19.6 Å². The molecule has 4 aromatic carbocycles. The summed E-state index contributed by atoms with van der Waals surface area (Å²) in [5.41, 5.74) is 4.22. The van der Waals surface area contributed by atoms with Gasteiger partial charge in [-0.25, -0.2) is 14.5 Å². The average Bonchev–Trinajstić information content (AvgIpc) is 3.40. The lowest BCUT2D eigenvalue weighted by Crippen LogP contribution is -2.15. The van der Waals surface area contributed by atoms with Crippen LogP contribution < -0.4 is 14.2 Å². The summed E-state index contributed by atoms with van der Waals surface area (Å²) in [6.07, 6.45) is 1.62. The van der Waals surface area contributed by atoms with E-state index in [1.807, 2.05) is 60.7 Å². The van der Waals surface area contributed by atoms with E-state index < -0.39 is 0 Å². The fourth-order valence-corrected chi connectivity index (χ4v) is 5.45. The minimum atomic E-state index is -0.265. The normalized spacial score (nSPS) is 14.1. The number of aromatic nitrogens is 4. The van der Waals surface area contributed by atoms with Gasteiger partial charge in [-0.1, -0.05) is 60.1 Å². The van der Waals surface area contributed by atoms with Crippen molar-refractivity contribution in [2.45, 2.75) is 5.92 Å². The molecular weight excluding hydrogens is 500 g/mol. The summed E-state index contributed by atoms with van der Waals surface area (Å²) in [5.74, 6) is 2.77. The molecule has 2 aromatic heterocycles. The maximum Gasteiger partial charge on any atom is 0.228 e. The van der Waals surface area contributed by atoms with Crippen molar-refractivity contribution in [2.24, 2.45) is 0 Å². The van der Waals surface area contributed by atoms with Crippen LogP contribution in [0.5, 0.6) is 23.1 Å². The summed E-state index contributed by atoms with van der Waals surface area (Å²) >= 11 is 6.49. The third-order valence-corrected chi connectivity index (χ3v) is 7.29. The van der Waals surface area contributed by atoms with Crippen molar-refractivity contribution < 1.29 is 14.2 Å². The second-order valence-electron chi connectivity index (χ2n) is 8.99. The number of fused-ring (bicyclic) bond motifs is 6. The van der Waals surface area contributed by atoms with Gasteiger partial charge in [0.15, 0.2) is 23.0 Å². The van der Waals surface area contributed by atoms with Crippen LogP contribution in [0.2, 0.25) is 5.02 Å². The summed E-state index contributed by atoms with van der Waals surface area (Å²) < 4.78 is 19.3.